The van der Waals surface area contributed by atoms with E-state index in [1.54, 1.807) is 18.4 Å². The van der Waals surface area contributed by atoms with Crippen molar-refractivity contribution in [2.45, 2.75) is 39.7 Å². The average Bonchev–Trinajstić information content (AvgIpc) is 3.03. The van der Waals surface area contributed by atoms with Crippen LogP contribution in [0.25, 0.3) is 0 Å². The molecule has 2 rings (SSSR count). The van der Waals surface area contributed by atoms with Gasteiger partial charge in [-0.3, -0.25) is 9.59 Å². The van der Waals surface area contributed by atoms with E-state index in [-0.39, 0.29) is 23.8 Å². The standard InChI is InChI=1S/C19H24N2O3/c1-14(22)21(13-18(23)20-12-17-6-5-11-24-17)16-9-7-15(8-10-16)19(2,3)4/h5-11H,12-13H2,1-4H3,(H,20,23). The maximum absolute atomic E-state index is 12.1. The maximum atomic E-state index is 12.1. The zero-order valence-corrected chi connectivity index (χ0v) is 14.6. The molecule has 0 spiro atoms. The summed E-state index contributed by atoms with van der Waals surface area (Å²) in [6, 6.07) is 11.3. The van der Waals surface area contributed by atoms with Crippen LogP contribution >= 0.6 is 0 Å². The van der Waals surface area contributed by atoms with E-state index in [1.165, 1.54) is 17.4 Å². The number of benzene rings is 1. The Morgan fingerprint density at radius 2 is 1.79 bits per heavy atom. The number of carbonyl (C=O) groups excluding carboxylic acids is 2. The van der Waals surface area contributed by atoms with Crippen LogP contribution in [0.3, 0.4) is 0 Å². The third-order valence-electron chi connectivity index (χ3n) is 3.77. The predicted molar refractivity (Wildman–Crippen MR) is 93.7 cm³/mol. The fourth-order valence-corrected chi connectivity index (χ4v) is 2.32. The fraction of sp³-hybridized carbons (Fsp3) is 0.368. The first-order valence-corrected chi connectivity index (χ1v) is 7.95. The zero-order chi connectivity index (χ0) is 17.7. The normalized spacial score (nSPS) is 11.2. The summed E-state index contributed by atoms with van der Waals surface area (Å²) in [5.41, 5.74) is 1.93. The average molecular weight is 328 g/mol. The maximum Gasteiger partial charge on any atom is 0.240 e. The number of hydrogen-bond acceptors (Lipinski definition) is 3. The van der Waals surface area contributed by atoms with Gasteiger partial charge in [-0.25, -0.2) is 0 Å². The number of nitrogens with zero attached hydrogens (tertiary/aromatic N) is 1. The van der Waals surface area contributed by atoms with Crippen LogP contribution in [0.2, 0.25) is 0 Å². The van der Waals surface area contributed by atoms with E-state index in [0.29, 0.717) is 18.0 Å². The molecule has 5 nitrogen and oxygen atoms in total. The molecule has 2 aromatic rings. The van der Waals surface area contributed by atoms with Crippen molar-refractivity contribution in [1.82, 2.24) is 5.32 Å². The minimum atomic E-state index is -0.235. The Labute approximate surface area is 142 Å². The smallest absolute Gasteiger partial charge is 0.240 e. The van der Waals surface area contributed by atoms with Crippen molar-refractivity contribution in [3.63, 3.8) is 0 Å². The molecule has 1 aromatic carbocycles. The molecule has 0 saturated carbocycles. The number of carbonyl (C=O) groups is 2. The summed E-state index contributed by atoms with van der Waals surface area (Å²) in [6.45, 7) is 8.13. The van der Waals surface area contributed by atoms with Gasteiger partial charge in [0.15, 0.2) is 0 Å². The molecule has 0 radical (unpaired) electrons. The van der Waals surface area contributed by atoms with Crippen LogP contribution in [0.4, 0.5) is 5.69 Å². The van der Waals surface area contributed by atoms with Gasteiger partial charge in [0.05, 0.1) is 12.8 Å². The summed E-state index contributed by atoms with van der Waals surface area (Å²) in [4.78, 5) is 25.5. The lowest BCUT2D eigenvalue weighted by Crippen LogP contribution is -2.39. The molecule has 2 amide bonds. The summed E-state index contributed by atoms with van der Waals surface area (Å²) in [5, 5.41) is 2.75. The van der Waals surface area contributed by atoms with Crippen molar-refractivity contribution in [1.29, 1.82) is 0 Å². The SMILES string of the molecule is CC(=O)N(CC(=O)NCc1ccco1)c1ccc(C(C)(C)C)cc1. The lowest BCUT2D eigenvalue weighted by Gasteiger charge is -2.23. The van der Waals surface area contributed by atoms with Crippen LogP contribution < -0.4 is 10.2 Å². The van der Waals surface area contributed by atoms with Crippen molar-refractivity contribution in [2.75, 3.05) is 11.4 Å². The summed E-state index contributed by atoms with van der Waals surface area (Å²) < 4.78 is 5.17. The first kappa shape index (κ1) is 17.8. The Hall–Kier alpha value is -2.56. The molecule has 0 atom stereocenters. The molecule has 1 N–H and O–H groups in total. The van der Waals surface area contributed by atoms with E-state index in [4.69, 9.17) is 4.42 Å². The minimum Gasteiger partial charge on any atom is -0.467 e. The van der Waals surface area contributed by atoms with Gasteiger partial charge < -0.3 is 14.6 Å². The first-order chi connectivity index (χ1) is 11.3. The number of rotatable bonds is 5. The highest BCUT2D eigenvalue weighted by Crippen LogP contribution is 2.25. The van der Waals surface area contributed by atoms with E-state index in [1.807, 2.05) is 24.3 Å². The Morgan fingerprint density at radius 1 is 1.12 bits per heavy atom. The van der Waals surface area contributed by atoms with Crippen molar-refractivity contribution in [3.05, 3.63) is 54.0 Å². The van der Waals surface area contributed by atoms with Gasteiger partial charge in [0, 0.05) is 12.6 Å². The van der Waals surface area contributed by atoms with Crippen molar-refractivity contribution in [2.24, 2.45) is 0 Å². The monoisotopic (exact) mass is 328 g/mol. The van der Waals surface area contributed by atoms with E-state index in [9.17, 15) is 9.59 Å². The van der Waals surface area contributed by atoms with E-state index in [2.05, 4.69) is 26.1 Å². The molecule has 5 heteroatoms. The highest BCUT2D eigenvalue weighted by molar-refractivity contribution is 5.97. The number of nitrogens with one attached hydrogen (secondary N) is 1. The molecule has 1 aromatic heterocycles. The predicted octanol–water partition coefficient (Wildman–Crippen LogP) is 3.25. The molecule has 128 valence electrons. The van der Waals surface area contributed by atoms with Crippen LogP contribution in [-0.2, 0) is 21.5 Å². The largest absolute Gasteiger partial charge is 0.467 e. The van der Waals surface area contributed by atoms with Gasteiger partial charge in [-0.15, -0.1) is 0 Å². The Bertz CT molecular complexity index is 682. The highest BCUT2D eigenvalue weighted by Gasteiger charge is 2.18. The Morgan fingerprint density at radius 3 is 2.29 bits per heavy atom. The number of anilines is 1. The van der Waals surface area contributed by atoms with Crippen LogP contribution in [0.5, 0.6) is 0 Å². The second kappa shape index (κ2) is 7.34. The second-order valence-electron chi connectivity index (χ2n) is 6.76. The lowest BCUT2D eigenvalue weighted by atomic mass is 9.87. The van der Waals surface area contributed by atoms with Gasteiger partial charge in [0.2, 0.25) is 11.8 Å². The third-order valence-corrected chi connectivity index (χ3v) is 3.77. The third kappa shape index (κ3) is 4.72. The molecule has 0 fully saturated rings. The van der Waals surface area contributed by atoms with Crippen molar-refractivity contribution < 1.29 is 14.0 Å². The van der Waals surface area contributed by atoms with Crippen molar-refractivity contribution >= 4 is 17.5 Å². The van der Waals surface area contributed by atoms with Crippen LogP contribution in [0.1, 0.15) is 39.0 Å². The molecule has 1 heterocycles. The molecular weight excluding hydrogens is 304 g/mol. The van der Waals surface area contributed by atoms with Crippen LogP contribution in [0, 0.1) is 0 Å². The highest BCUT2D eigenvalue weighted by atomic mass is 16.3. The van der Waals surface area contributed by atoms with Gasteiger partial charge in [-0.1, -0.05) is 32.9 Å². The Kier molecular flexibility index (Phi) is 5.44. The van der Waals surface area contributed by atoms with Crippen LogP contribution in [-0.4, -0.2) is 18.4 Å². The first-order valence-electron chi connectivity index (χ1n) is 7.95. The lowest BCUT2D eigenvalue weighted by molar-refractivity contribution is -0.123. The van der Waals surface area contributed by atoms with Gasteiger partial charge in [0.25, 0.3) is 0 Å². The minimum absolute atomic E-state index is 0.0229. The fourth-order valence-electron chi connectivity index (χ4n) is 2.32. The molecule has 0 bridgehead atoms. The Balaban J connectivity index is 2.03. The number of hydrogen-bond donors (Lipinski definition) is 1. The zero-order valence-electron chi connectivity index (χ0n) is 14.6. The van der Waals surface area contributed by atoms with Gasteiger partial charge in [-0.2, -0.15) is 0 Å². The molecule has 0 aliphatic heterocycles. The summed E-state index contributed by atoms with van der Waals surface area (Å²) in [6.07, 6.45) is 1.56. The van der Waals surface area contributed by atoms with E-state index >= 15 is 0 Å². The molecular formula is C19H24N2O3. The van der Waals surface area contributed by atoms with Gasteiger partial charge in [0.1, 0.15) is 12.3 Å². The summed E-state index contributed by atoms with van der Waals surface area (Å²) >= 11 is 0. The molecule has 0 saturated heterocycles. The summed E-state index contributed by atoms with van der Waals surface area (Å²) in [7, 11) is 0. The number of amides is 2. The van der Waals surface area contributed by atoms with E-state index < -0.39 is 0 Å². The molecule has 0 aliphatic rings. The van der Waals surface area contributed by atoms with Gasteiger partial charge >= 0.3 is 0 Å². The quantitative estimate of drug-likeness (QED) is 0.916. The second-order valence-corrected chi connectivity index (χ2v) is 6.76. The topological polar surface area (TPSA) is 62.6 Å². The number of furan rings is 1. The molecule has 24 heavy (non-hydrogen) atoms. The molecule has 0 aliphatic carbocycles. The van der Waals surface area contributed by atoms with Gasteiger partial charge in [-0.05, 0) is 35.2 Å². The van der Waals surface area contributed by atoms with Crippen molar-refractivity contribution in [3.8, 4) is 0 Å². The summed E-state index contributed by atoms with van der Waals surface area (Å²) in [5.74, 6) is 0.264. The van der Waals surface area contributed by atoms with Crippen LogP contribution in [0.15, 0.2) is 47.1 Å². The molecule has 0 unspecified atom stereocenters. The van der Waals surface area contributed by atoms with E-state index in [0.717, 1.165) is 0 Å².